The second-order valence-corrected chi connectivity index (χ2v) is 12.1. The van der Waals surface area contributed by atoms with Gasteiger partial charge in [-0.15, -0.1) is 0 Å². The summed E-state index contributed by atoms with van der Waals surface area (Å²) in [5, 5.41) is 10.3. The van der Waals surface area contributed by atoms with Gasteiger partial charge in [-0.05, 0) is 50.4 Å². The predicted octanol–water partition coefficient (Wildman–Crippen LogP) is 4.28. The zero-order valence-corrected chi connectivity index (χ0v) is 25.7. The smallest absolute Gasteiger partial charge is 0.246 e. The Morgan fingerprint density at radius 3 is 2.57 bits per heavy atom. The lowest BCUT2D eigenvalue weighted by Crippen LogP contribution is -2.58. The molecule has 10 nitrogen and oxygen atoms in total. The Hall–Kier alpha value is -3.76. The molecule has 1 saturated heterocycles. The van der Waals surface area contributed by atoms with Crippen LogP contribution in [0.2, 0.25) is 5.02 Å². The second-order valence-electron chi connectivity index (χ2n) is 11.7. The molecule has 4 rings (SSSR count). The molecule has 3 atom stereocenters. The highest BCUT2D eigenvalue weighted by Crippen LogP contribution is 2.33. The minimum absolute atomic E-state index is 0.0529. The molecule has 11 heteroatoms. The van der Waals surface area contributed by atoms with Gasteiger partial charge in [-0.3, -0.25) is 14.4 Å². The van der Waals surface area contributed by atoms with Crippen molar-refractivity contribution in [3.8, 4) is 5.75 Å². The van der Waals surface area contributed by atoms with Crippen LogP contribution in [0, 0.1) is 5.41 Å². The van der Waals surface area contributed by atoms with E-state index in [1.54, 1.807) is 38.1 Å². The maximum absolute atomic E-state index is 13.8. The molecule has 2 heterocycles. The van der Waals surface area contributed by atoms with Crippen LogP contribution >= 0.6 is 11.6 Å². The van der Waals surface area contributed by atoms with E-state index in [0.717, 1.165) is 0 Å². The van der Waals surface area contributed by atoms with E-state index in [-0.39, 0.29) is 24.0 Å². The highest BCUT2D eigenvalue weighted by atomic mass is 35.5. The van der Waals surface area contributed by atoms with Crippen LogP contribution in [0.5, 0.6) is 5.75 Å². The molecule has 42 heavy (non-hydrogen) atoms. The number of amides is 2. The molecule has 3 N–H and O–H groups in total. The Labute approximate surface area is 251 Å². The van der Waals surface area contributed by atoms with Gasteiger partial charge in [-0.25, -0.2) is 9.97 Å². The fourth-order valence-electron chi connectivity index (χ4n) is 5.13. The van der Waals surface area contributed by atoms with E-state index in [4.69, 9.17) is 16.3 Å². The maximum atomic E-state index is 13.8. The molecule has 0 spiro atoms. The maximum Gasteiger partial charge on any atom is 0.246 e. The van der Waals surface area contributed by atoms with E-state index < -0.39 is 23.5 Å². The Bertz CT molecular complexity index is 1470. The number of nitrogens with zero attached hydrogens (tertiary/aromatic N) is 3. The van der Waals surface area contributed by atoms with Gasteiger partial charge in [-0.1, -0.05) is 44.5 Å². The van der Waals surface area contributed by atoms with Gasteiger partial charge in [0.25, 0.3) is 0 Å². The SMILES string of the molecule is CN[C@@H](C)C(=O)N[C@H](C(=O)N1CCC[C@H]1C(=O)Cc1cc2c(Nc3ccccc3Cl)ncnc2cc1OC)C(C)(C)C. The number of methoxy groups -OCH3 is 1. The van der Waals surface area contributed by atoms with E-state index in [1.165, 1.54) is 6.33 Å². The molecule has 1 fully saturated rings. The molecule has 2 aromatic carbocycles. The number of para-hydroxylation sites is 1. The Balaban J connectivity index is 1.60. The van der Waals surface area contributed by atoms with Crippen LogP contribution in [0.4, 0.5) is 11.5 Å². The van der Waals surface area contributed by atoms with Gasteiger partial charge in [0.1, 0.15) is 23.9 Å². The van der Waals surface area contributed by atoms with Gasteiger partial charge in [-0.2, -0.15) is 0 Å². The quantitative estimate of drug-likeness (QED) is 0.318. The summed E-state index contributed by atoms with van der Waals surface area (Å²) >= 11 is 6.36. The molecule has 0 bridgehead atoms. The summed E-state index contributed by atoms with van der Waals surface area (Å²) in [4.78, 5) is 50.8. The number of benzene rings is 2. The number of ether oxygens (including phenoxy) is 1. The number of hydrogen-bond acceptors (Lipinski definition) is 8. The van der Waals surface area contributed by atoms with Crippen LogP contribution < -0.4 is 20.7 Å². The van der Waals surface area contributed by atoms with Crippen molar-refractivity contribution in [1.29, 1.82) is 0 Å². The standard InChI is InChI=1S/C31H39ClN6O4/c1-18(33-5)29(40)37-27(31(2,3)4)30(41)38-13-9-12-24(38)25(39)15-19-14-20-23(16-26(19)42-6)34-17-35-28(20)36-22-11-8-7-10-21(22)32/h7-8,10-11,14,16-18,24,27,33H,9,12-13,15H2,1-6H3,(H,37,40)(H,34,35,36)/t18-,24-,27+/m0/s1. The number of nitrogens with one attached hydrogen (secondary N) is 3. The van der Waals surface area contributed by atoms with Crippen molar-refractivity contribution in [1.82, 2.24) is 25.5 Å². The zero-order valence-electron chi connectivity index (χ0n) is 25.0. The molecule has 0 radical (unpaired) electrons. The number of likely N-dealkylation sites (tertiary alicyclic amines) is 1. The predicted molar refractivity (Wildman–Crippen MR) is 164 cm³/mol. The monoisotopic (exact) mass is 594 g/mol. The van der Waals surface area contributed by atoms with Crippen LogP contribution in [0.1, 0.15) is 46.1 Å². The summed E-state index contributed by atoms with van der Waals surface area (Å²) in [6.07, 6.45) is 2.77. The molecule has 224 valence electrons. The number of rotatable bonds is 10. The second kappa shape index (κ2) is 13.0. The molecule has 1 aliphatic heterocycles. The number of carbonyl (C=O) groups excluding carboxylic acids is 3. The fraction of sp³-hybridized carbons (Fsp3) is 0.452. The summed E-state index contributed by atoms with van der Waals surface area (Å²) < 4.78 is 5.64. The first kappa shape index (κ1) is 31.2. The van der Waals surface area contributed by atoms with Crippen LogP contribution in [0.15, 0.2) is 42.7 Å². The van der Waals surface area contributed by atoms with Gasteiger partial charge in [0, 0.05) is 30.0 Å². The van der Waals surface area contributed by atoms with Crippen LogP contribution in [0.3, 0.4) is 0 Å². The number of Topliss-reactive ketones (excluding diaryl/α,β-unsaturated/α-hetero) is 1. The van der Waals surface area contributed by atoms with Gasteiger partial charge in [0.2, 0.25) is 11.8 Å². The minimum Gasteiger partial charge on any atom is -0.496 e. The molecular formula is C31H39ClN6O4. The number of halogens is 1. The summed E-state index contributed by atoms with van der Waals surface area (Å²) in [7, 11) is 3.24. The number of hydrogen-bond donors (Lipinski definition) is 3. The van der Waals surface area contributed by atoms with Gasteiger partial charge in [0.05, 0.1) is 35.4 Å². The largest absolute Gasteiger partial charge is 0.496 e. The molecule has 2 amide bonds. The normalized spacial score (nSPS) is 16.6. The van der Waals surface area contributed by atoms with Crippen molar-refractivity contribution < 1.29 is 19.1 Å². The van der Waals surface area contributed by atoms with Gasteiger partial charge in [0.15, 0.2) is 5.78 Å². The number of fused-ring (bicyclic) bond motifs is 1. The molecule has 1 aliphatic rings. The number of anilines is 2. The first-order chi connectivity index (χ1) is 19.9. The fourth-order valence-corrected chi connectivity index (χ4v) is 5.31. The highest BCUT2D eigenvalue weighted by Gasteiger charge is 2.42. The number of carbonyl (C=O) groups is 3. The number of aromatic nitrogens is 2. The van der Waals surface area contributed by atoms with Crippen molar-refractivity contribution in [2.75, 3.05) is 26.0 Å². The Morgan fingerprint density at radius 2 is 1.90 bits per heavy atom. The topological polar surface area (TPSA) is 126 Å². The van der Waals surface area contributed by atoms with Crippen molar-refractivity contribution in [2.45, 2.75) is 65.1 Å². The third-order valence-corrected chi connectivity index (χ3v) is 7.99. The van der Waals surface area contributed by atoms with Crippen molar-refractivity contribution >= 4 is 51.6 Å². The van der Waals surface area contributed by atoms with Gasteiger partial charge < -0.3 is 25.6 Å². The lowest BCUT2D eigenvalue weighted by Gasteiger charge is -2.36. The van der Waals surface area contributed by atoms with E-state index in [0.29, 0.717) is 58.1 Å². The zero-order chi connectivity index (χ0) is 30.6. The molecule has 0 saturated carbocycles. The first-order valence-corrected chi connectivity index (χ1v) is 14.5. The van der Waals surface area contributed by atoms with Crippen molar-refractivity contribution in [2.24, 2.45) is 5.41 Å². The molecule has 3 aromatic rings. The van der Waals surface area contributed by atoms with Crippen LogP contribution in [0.25, 0.3) is 10.9 Å². The number of likely N-dealkylation sites (N-methyl/N-ethyl adjacent to an activating group) is 1. The van der Waals surface area contributed by atoms with Crippen molar-refractivity contribution in [3.05, 3.63) is 53.3 Å². The van der Waals surface area contributed by atoms with E-state index >= 15 is 0 Å². The molecule has 0 unspecified atom stereocenters. The summed E-state index contributed by atoms with van der Waals surface area (Å²) in [5.41, 5.74) is 1.44. The third-order valence-electron chi connectivity index (χ3n) is 7.66. The van der Waals surface area contributed by atoms with E-state index in [9.17, 15) is 14.4 Å². The summed E-state index contributed by atoms with van der Waals surface area (Å²) in [6.45, 7) is 7.90. The first-order valence-electron chi connectivity index (χ1n) is 14.1. The molecule has 1 aromatic heterocycles. The van der Waals surface area contributed by atoms with Gasteiger partial charge >= 0.3 is 0 Å². The molecule has 0 aliphatic carbocycles. The average molecular weight is 595 g/mol. The average Bonchev–Trinajstić information content (AvgIpc) is 3.46. The minimum atomic E-state index is -0.778. The van der Waals surface area contributed by atoms with Crippen LogP contribution in [-0.4, -0.2) is 71.3 Å². The Kier molecular flexibility index (Phi) is 9.68. The summed E-state index contributed by atoms with van der Waals surface area (Å²) in [6, 6.07) is 9.14. The van der Waals surface area contributed by atoms with Crippen molar-refractivity contribution in [3.63, 3.8) is 0 Å². The third kappa shape index (κ3) is 6.82. The van der Waals surface area contributed by atoms with E-state index in [2.05, 4.69) is 25.9 Å². The van der Waals surface area contributed by atoms with Crippen LogP contribution in [-0.2, 0) is 20.8 Å². The Morgan fingerprint density at radius 1 is 1.17 bits per heavy atom. The highest BCUT2D eigenvalue weighted by molar-refractivity contribution is 6.33. The lowest BCUT2D eigenvalue weighted by atomic mass is 9.85. The van der Waals surface area contributed by atoms with E-state index in [1.807, 2.05) is 45.0 Å². The lowest BCUT2D eigenvalue weighted by molar-refractivity contribution is -0.143. The molecular weight excluding hydrogens is 556 g/mol. The number of ketones is 1. The summed E-state index contributed by atoms with van der Waals surface area (Å²) in [5.74, 6) is 0.451.